The number of nitro benzene ring substituents is 1. The summed E-state index contributed by atoms with van der Waals surface area (Å²) in [7, 11) is 0. The van der Waals surface area contributed by atoms with Crippen molar-refractivity contribution in [3.05, 3.63) is 118 Å². The number of hydrogen-bond donors (Lipinski definition) is 0. The van der Waals surface area contributed by atoms with Crippen molar-refractivity contribution in [2.75, 3.05) is 0 Å². The predicted octanol–water partition coefficient (Wildman–Crippen LogP) is 8.38. The molecule has 0 saturated carbocycles. The minimum atomic E-state index is -0.331. The van der Waals surface area contributed by atoms with Crippen LogP contribution in [0.1, 0.15) is 31.9 Å². The number of fused-ring (bicyclic) bond motifs is 4. The average Bonchev–Trinajstić information content (AvgIpc) is 3.04. The minimum absolute atomic E-state index is 0.160. The number of benzene rings is 4. The van der Waals surface area contributed by atoms with Crippen LogP contribution in [0.2, 0.25) is 0 Å². The molecule has 0 aromatic heterocycles. The topological polar surface area (TPSA) is 43.1 Å². The number of allylic oxidation sites excluding steroid dienone is 5. The number of nitrogens with zero attached hydrogens (tertiary/aromatic N) is 1. The number of nitro groups is 1. The lowest BCUT2D eigenvalue weighted by Gasteiger charge is -2.26. The maximum Gasteiger partial charge on any atom is 0.285 e. The first-order chi connectivity index (χ1) is 15.9. The van der Waals surface area contributed by atoms with Crippen LogP contribution in [0, 0.1) is 10.1 Å². The molecule has 0 saturated heterocycles. The molecule has 0 radical (unpaired) electrons. The van der Waals surface area contributed by atoms with Crippen LogP contribution in [-0.4, -0.2) is 4.92 Å². The largest absolute Gasteiger partial charge is 0.285 e. The zero-order valence-electron chi connectivity index (χ0n) is 19.1. The summed E-state index contributed by atoms with van der Waals surface area (Å²) >= 11 is 0. The Kier molecular flexibility index (Phi) is 4.79. The van der Waals surface area contributed by atoms with Gasteiger partial charge in [0.1, 0.15) is 0 Å². The monoisotopic (exact) mass is 431 g/mol. The van der Waals surface area contributed by atoms with Crippen LogP contribution in [-0.2, 0) is 5.41 Å². The number of rotatable bonds is 4. The fraction of sp³-hybridized carbons (Fsp3) is 0.133. The molecule has 0 unspecified atom stereocenters. The fourth-order valence-corrected chi connectivity index (χ4v) is 5.54. The van der Waals surface area contributed by atoms with Gasteiger partial charge in [0, 0.05) is 5.41 Å². The summed E-state index contributed by atoms with van der Waals surface area (Å²) in [6, 6.07) is 21.8. The first-order valence-electron chi connectivity index (χ1n) is 11.1. The summed E-state index contributed by atoms with van der Waals surface area (Å²) in [5, 5.41) is 16.0. The second kappa shape index (κ2) is 7.56. The van der Waals surface area contributed by atoms with Crippen molar-refractivity contribution < 1.29 is 4.92 Å². The fourth-order valence-electron chi connectivity index (χ4n) is 5.54. The van der Waals surface area contributed by atoms with Crippen LogP contribution in [0.25, 0.3) is 38.2 Å². The predicted molar refractivity (Wildman–Crippen MR) is 139 cm³/mol. The summed E-state index contributed by atoms with van der Waals surface area (Å²) in [4.78, 5) is 12.3. The van der Waals surface area contributed by atoms with Crippen LogP contribution in [0.3, 0.4) is 0 Å². The molecular weight excluding hydrogens is 406 g/mol. The molecule has 0 spiro atoms. The zero-order chi connectivity index (χ0) is 23.3. The Hall–Kier alpha value is -3.98. The van der Waals surface area contributed by atoms with Crippen molar-refractivity contribution in [2.24, 2.45) is 0 Å². The highest BCUT2D eigenvalue weighted by Crippen LogP contribution is 2.53. The Morgan fingerprint density at radius 1 is 0.848 bits per heavy atom. The van der Waals surface area contributed by atoms with E-state index in [9.17, 15) is 10.1 Å². The Morgan fingerprint density at radius 3 is 2.03 bits per heavy atom. The van der Waals surface area contributed by atoms with Crippen molar-refractivity contribution in [2.45, 2.75) is 26.2 Å². The zero-order valence-corrected chi connectivity index (χ0v) is 19.1. The Morgan fingerprint density at radius 2 is 1.42 bits per heavy atom. The molecule has 1 aliphatic rings. The molecule has 0 N–H and O–H groups in total. The standard InChI is InChI=1S/C30H25NO2/c1-5-12-26-19(6-2)23-17-11-18-25(28(23)30(26,3)4)27-22-15-9-7-13-20(22)21-14-8-10-16-24(21)29(27)31(32)33/h5-18H,2H2,1,3-4H3/b12-5-. The highest BCUT2D eigenvalue weighted by atomic mass is 16.6. The van der Waals surface area contributed by atoms with Crippen LogP contribution in [0.15, 0.2) is 97.1 Å². The highest BCUT2D eigenvalue weighted by molar-refractivity contribution is 6.19. The van der Waals surface area contributed by atoms with Crippen molar-refractivity contribution in [3.63, 3.8) is 0 Å². The summed E-state index contributed by atoms with van der Waals surface area (Å²) in [5.41, 5.74) is 5.88. The maximum absolute atomic E-state index is 12.6. The molecule has 3 nitrogen and oxygen atoms in total. The molecule has 0 atom stereocenters. The molecular formula is C30H25NO2. The van der Waals surface area contributed by atoms with Crippen molar-refractivity contribution in [3.8, 4) is 11.1 Å². The van der Waals surface area contributed by atoms with Gasteiger partial charge in [0.05, 0.1) is 15.9 Å². The van der Waals surface area contributed by atoms with Gasteiger partial charge in [-0.1, -0.05) is 99.3 Å². The molecule has 0 aliphatic heterocycles. The quantitative estimate of drug-likeness (QED) is 0.185. The second-order valence-electron chi connectivity index (χ2n) is 8.96. The van der Waals surface area contributed by atoms with Crippen molar-refractivity contribution >= 4 is 32.8 Å². The van der Waals surface area contributed by atoms with Gasteiger partial charge in [0.25, 0.3) is 5.69 Å². The van der Waals surface area contributed by atoms with Gasteiger partial charge in [0.15, 0.2) is 0 Å². The van der Waals surface area contributed by atoms with E-state index in [4.69, 9.17) is 0 Å². The van der Waals surface area contributed by atoms with Gasteiger partial charge in [-0.2, -0.15) is 0 Å². The molecule has 0 fully saturated rings. The third-order valence-corrected chi connectivity index (χ3v) is 6.84. The summed E-state index contributed by atoms with van der Waals surface area (Å²) in [6.07, 6.45) is 6.08. The van der Waals surface area contributed by atoms with Gasteiger partial charge >= 0.3 is 0 Å². The van der Waals surface area contributed by atoms with Gasteiger partial charge in [0.2, 0.25) is 0 Å². The highest BCUT2D eigenvalue weighted by Gasteiger charge is 2.39. The van der Waals surface area contributed by atoms with Crippen molar-refractivity contribution in [1.29, 1.82) is 0 Å². The number of hydrogen-bond acceptors (Lipinski definition) is 2. The first-order valence-corrected chi connectivity index (χ1v) is 11.1. The van der Waals surface area contributed by atoms with E-state index in [0.717, 1.165) is 38.4 Å². The molecule has 5 rings (SSSR count). The van der Waals surface area contributed by atoms with Gasteiger partial charge in [-0.3, -0.25) is 10.1 Å². The van der Waals surface area contributed by atoms with E-state index in [1.54, 1.807) is 0 Å². The van der Waals surface area contributed by atoms with E-state index in [0.29, 0.717) is 10.9 Å². The van der Waals surface area contributed by atoms with Crippen molar-refractivity contribution in [1.82, 2.24) is 0 Å². The molecule has 33 heavy (non-hydrogen) atoms. The normalized spacial score (nSPS) is 14.9. The smallest absolute Gasteiger partial charge is 0.258 e. The molecule has 0 bridgehead atoms. The molecule has 0 amide bonds. The SMILES string of the molecule is C=CC1=C(/C=C\C)C(C)(C)c2c1cccc2-c1c([N+](=O)[O-])c2ccccc2c2ccccc12. The van der Waals surface area contributed by atoms with E-state index in [-0.39, 0.29) is 16.0 Å². The van der Waals surface area contributed by atoms with E-state index in [2.05, 4.69) is 38.6 Å². The lowest BCUT2D eigenvalue weighted by molar-refractivity contribution is -0.382. The summed E-state index contributed by atoms with van der Waals surface area (Å²) in [6.45, 7) is 10.5. The minimum Gasteiger partial charge on any atom is -0.258 e. The van der Waals surface area contributed by atoms with E-state index in [1.807, 2.05) is 73.7 Å². The Balaban J connectivity index is 1.99. The van der Waals surface area contributed by atoms with Gasteiger partial charge < -0.3 is 0 Å². The van der Waals surface area contributed by atoms with Crippen LogP contribution in [0.5, 0.6) is 0 Å². The van der Waals surface area contributed by atoms with Gasteiger partial charge in [-0.25, -0.2) is 0 Å². The van der Waals surface area contributed by atoms with Crippen LogP contribution < -0.4 is 0 Å². The third-order valence-electron chi connectivity index (χ3n) is 6.84. The molecule has 1 aliphatic carbocycles. The van der Waals surface area contributed by atoms with Crippen LogP contribution in [0.4, 0.5) is 5.69 Å². The molecule has 0 heterocycles. The second-order valence-corrected chi connectivity index (χ2v) is 8.96. The van der Waals surface area contributed by atoms with Crippen LogP contribution >= 0.6 is 0 Å². The van der Waals surface area contributed by atoms with E-state index in [1.165, 1.54) is 5.57 Å². The first kappa shape index (κ1) is 20.9. The summed E-state index contributed by atoms with van der Waals surface area (Å²) in [5.74, 6) is 0. The lowest BCUT2D eigenvalue weighted by atomic mass is 9.76. The molecule has 162 valence electrons. The van der Waals surface area contributed by atoms with Gasteiger partial charge in [-0.05, 0) is 57.0 Å². The van der Waals surface area contributed by atoms with E-state index < -0.39 is 0 Å². The molecule has 4 aromatic carbocycles. The molecule has 4 aromatic rings. The van der Waals surface area contributed by atoms with E-state index >= 15 is 0 Å². The Labute approximate surface area is 193 Å². The third kappa shape index (κ3) is 2.89. The van der Waals surface area contributed by atoms with Gasteiger partial charge in [-0.15, -0.1) is 0 Å². The Bertz CT molecular complexity index is 1540. The molecule has 3 heteroatoms. The average molecular weight is 432 g/mol. The maximum atomic E-state index is 12.6. The lowest BCUT2D eigenvalue weighted by Crippen LogP contribution is -2.17. The summed E-state index contributed by atoms with van der Waals surface area (Å²) < 4.78 is 0.